The van der Waals surface area contributed by atoms with Crippen LogP contribution in [0.1, 0.15) is 50.9 Å². The maximum atomic E-state index is 12.2. The highest BCUT2D eigenvalue weighted by Crippen LogP contribution is 2.40. The molecule has 1 saturated heterocycles. The minimum Gasteiger partial charge on any atom is -0.348 e. The molecule has 0 bridgehead atoms. The predicted octanol–water partition coefficient (Wildman–Crippen LogP) is 3.57. The highest BCUT2D eigenvalue weighted by Gasteiger charge is 2.40. The molecule has 2 aliphatic heterocycles. The first-order chi connectivity index (χ1) is 15.9. The summed E-state index contributed by atoms with van der Waals surface area (Å²) >= 11 is 0. The Morgan fingerprint density at radius 3 is 2.76 bits per heavy atom. The zero-order chi connectivity index (χ0) is 22.6. The summed E-state index contributed by atoms with van der Waals surface area (Å²) < 4.78 is 13.5. The molecule has 2 aromatic heterocycles. The molecule has 1 amide bonds. The lowest BCUT2D eigenvalue weighted by Crippen LogP contribution is -2.35. The molecule has 3 aromatic rings. The van der Waals surface area contributed by atoms with E-state index >= 15 is 0 Å². The lowest BCUT2D eigenvalue weighted by Gasteiger charge is -2.35. The van der Waals surface area contributed by atoms with Gasteiger partial charge in [-0.2, -0.15) is 9.50 Å². The van der Waals surface area contributed by atoms with Crippen molar-refractivity contribution < 1.29 is 14.3 Å². The van der Waals surface area contributed by atoms with Gasteiger partial charge in [0.05, 0.1) is 18.6 Å². The average Bonchev–Trinajstić information content (AvgIpc) is 3.47. The molecule has 1 aliphatic carbocycles. The topological polar surface area (TPSA) is 103 Å². The highest BCUT2D eigenvalue weighted by molar-refractivity contribution is 6.06. The molecule has 0 unspecified atom stereocenters. The van der Waals surface area contributed by atoms with Gasteiger partial charge in [0.1, 0.15) is 5.82 Å². The van der Waals surface area contributed by atoms with Gasteiger partial charge in [0.25, 0.3) is 0 Å². The number of fused-ring (bicyclic) bond motifs is 2. The van der Waals surface area contributed by atoms with Gasteiger partial charge in [-0.25, -0.2) is 4.98 Å². The van der Waals surface area contributed by atoms with E-state index < -0.39 is 5.41 Å². The van der Waals surface area contributed by atoms with Crippen molar-refractivity contribution >= 4 is 28.9 Å². The molecule has 2 N–H and O–H groups in total. The number of amides is 1. The Morgan fingerprint density at radius 2 is 1.97 bits per heavy atom. The third kappa shape index (κ3) is 3.55. The molecule has 9 nitrogen and oxygen atoms in total. The van der Waals surface area contributed by atoms with Crippen LogP contribution in [0.3, 0.4) is 0 Å². The first-order valence-corrected chi connectivity index (χ1v) is 11.6. The normalized spacial score (nSPS) is 21.5. The zero-order valence-corrected chi connectivity index (χ0v) is 18.9. The quantitative estimate of drug-likeness (QED) is 0.629. The number of benzene rings is 1. The van der Waals surface area contributed by atoms with E-state index in [1.54, 1.807) is 6.20 Å². The second-order valence-corrected chi connectivity index (χ2v) is 9.79. The van der Waals surface area contributed by atoms with Gasteiger partial charge in [0.15, 0.2) is 11.4 Å². The van der Waals surface area contributed by atoms with Gasteiger partial charge in [-0.1, -0.05) is 6.07 Å². The molecule has 3 aliphatic rings. The first-order valence-electron chi connectivity index (χ1n) is 11.6. The molecular formula is C24H28N6O3. The first kappa shape index (κ1) is 20.6. The molecule has 1 spiro atoms. The van der Waals surface area contributed by atoms with Gasteiger partial charge in [0.2, 0.25) is 11.9 Å². The van der Waals surface area contributed by atoms with Crippen molar-refractivity contribution in [2.45, 2.75) is 57.2 Å². The number of rotatable bonds is 4. The molecule has 2 fully saturated rings. The van der Waals surface area contributed by atoms with Crippen LogP contribution in [0.4, 0.5) is 17.3 Å². The van der Waals surface area contributed by atoms with E-state index in [1.807, 2.05) is 42.6 Å². The van der Waals surface area contributed by atoms with E-state index in [1.165, 1.54) is 0 Å². The molecule has 9 heteroatoms. The van der Waals surface area contributed by atoms with E-state index in [-0.39, 0.29) is 11.7 Å². The van der Waals surface area contributed by atoms with Crippen LogP contribution in [0.25, 0.3) is 5.65 Å². The van der Waals surface area contributed by atoms with E-state index in [4.69, 9.17) is 9.47 Å². The summed E-state index contributed by atoms with van der Waals surface area (Å²) in [7, 11) is 0. The van der Waals surface area contributed by atoms with Crippen LogP contribution in [0.2, 0.25) is 0 Å². The average molecular weight is 449 g/mol. The standard InChI is InChI=1S/C24H28N6O3/c1-23(2)17-4-3-16(14-18(17)27-21(23)31)26-22-28-19-7-10-25-20(30(19)29-22)13-15-5-8-24(9-6-15)32-11-12-33-24/h3-4,7,10,14-15H,5-6,8-9,11-13H2,1-2H3,(H,26,29)(H,27,31). The highest BCUT2D eigenvalue weighted by atomic mass is 16.7. The van der Waals surface area contributed by atoms with E-state index in [0.717, 1.165) is 60.5 Å². The lowest BCUT2D eigenvalue weighted by molar-refractivity contribution is -0.182. The Bertz CT molecular complexity index is 1220. The van der Waals surface area contributed by atoms with Crippen LogP contribution in [0.15, 0.2) is 30.5 Å². The number of anilines is 3. The second kappa shape index (κ2) is 7.50. The Balaban J connectivity index is 1.19. The van der Waals surface area contributed by atoms with E-state index in [2.05, 4.69) is 25.7 Å². The van der Waals surface area contributed by atoms with Crippen LogP contribution in [0, 0.1) is 5.92 Å². The summed E-state index contributed by atoms with van der Waals surface area (Å²) in [6.07, 6.45) is 6.61. The summed E-state index contributed by atoms with van der Waals surface area (Å²) in [4.78, 5) is 21.5. The predicted molar refractivity (Wildman–Crippen MR) is 122 cm³/mol. The summed E-state index contributed by atoms with van der Waals surface area (Å²) in [5.41, 5.74) is 2.88. The fourth-order valence-electron chi connectivity index (χ4n) is 5.22. The number of aromatic nitrogens is 4. The van der Waals surface area contributed by atoms with Crippen LogP contribution in [-0.2, 0) is 26.1 Å². The summed E-state index contributed by atoms with van der Waals surface area (Å²) in [6, 6.07) is 7.73. The molecule has 0 atom stereocenters. The van der Waals surface area contributed by atoms with Crippen molar-refractivity contribution in [2.75, 3.05) is 23.8 Å². The molecule has 0 radical (unpaired) electrons. The zero-order valence-electron chi connectivity index (χ0n) is 18.9. The van der Waals surface area contributed by atoms with E-state index in [9.17, 15) is 4.79 Å². The van der Waals surface area contributed by atoms with Gasteiger partial charge >= 0.3 is 0 Å². The molecule has 1 saturated carbocycles. The summed E-state index contributed by atoms with van der Waals surface area (Å²) in [6.45, 7) is 5.27. The van der Waals surface area contributed by atoms with E-state index in [0.29, 0.717) is 25.1 Å². The largest absolute Gasteiger partial charge is 0.348 e. The number of hydrogen-bond acceptors (Lipinski definition) is 7. The van der Waals surface area contributed by atoms with Gasteiger partial charge < -0.3 is 20.1 Å². The Morgan fingerprint density at radius 1 is 1.18 bits per heavy atom. The fourth-order valence-corrected chi connectivity index (χ4v) is 5.22. The fraction of sp³-hybridized carbons (Fsp3) is 0.500. The third-order valence-electron chi connectivity index (χ3n) is 7.24. The summed E-state index contributed by atoms with van der Waals surface area (Å²) in [5, 5.41) is 10.9. The Hall–Kier alpha value is -3.04. The van der Waals surface area contributed by atoms with Crippen molar-refractivity contribution in [1.29, 1.82) is 0 Å². The number of hydrogen-bond donors (Lipinski definition) is 2. The smallest absolute Gasteiger partial charge is 0.247 e. The minimum atomic E-state index is -0.523. The van der Waals surface area contributed by atoms with Gasteiger partial charge in [-0.3, -0.25) is 4.79 Å². The Kier molecular flexibility index (Phi) is 4.67. The molecule has 6 rings (SSSR count). The van der Waals surface area contributed by atoms with Crippen LogP contribution >= 0.6 is 0 Å². The second-order valence-electron chi connectivity index (χ2n) is 9.79. The van der Waals surface area contributed by atoms with Crippen molar-refractivity contribution in [3.8, 4) is 0 Å². The van der Waals surface area contributed by atoms with Crippen LogP contribution in [0.5, 0.6) is 0 Å². The lowest BCUT2D eigenvalue weighted by atomic mass is 9.83. The maximum Gasteiger partial charge on any atom is 0.247 e. The van der Waals surface area contributed by atoms with Crippen molar-refractivity contribution in [2.24, 2.45) is 5.92 Å². The molecule has 33 heavy (non-hydrogen) atoms. The molecule has 1 aromatic carbocycles. The number of carbonyl (C=O) groups excluding carboxylic acids is 1. The van der Waals surface area contributed by atoms with Crippen molar-refractivity contribution in [3.63, 3.8) is 0 Å². The molecule has 172 valence electrons. The molecule has 4 heterocycles. The minimum absolute atomic E-state index is 0.0101. The number of carbonyl (C=O) groups is 1. The van der Waals surface area contributed by atoms with Crippen LogP contribution in [-0.4, -0.2) is 44.5 Å². The number of nitrogens with one attached hydrogen (secondary N) is 2. The summed E-state index contributed by atoms with van der Waals surface area (Å²) in [5.74, 6) is 1.60. The van der Waals surface area contributed by atoms with Crippen molar-refractivity contribution in [3.05, 3.63) is 41.9 Å². The van der Waals surface area contributed by atoms with Gasteiger partial charge in [-0.15, -0.1) is 5.10 Å². The van der Waals surface area contributed by atoms with Gasteiger partial charge in [-0.05, 0) is 50.3 Å². The Labute approximate surface area is 191 Å². The SMILES string of the molecule is CC1(C)C(=O)Nc2cc(Nc3nc4ccnc(CC5CCC6(CC5)OCCO6)n4n3)ccc21. The van der Waals surface area contributed by atoms with Crippen molar-refractivity contribution in [1.82, 2.24) is 19.6 Å². The number of ether oxygens (including phenoxy) is 2. The molecular weight excluding hydrogens is 420 g/mol. The van der Waals surface area contributed by atoms with Crippen LogP contribution < -0.4 is 10.6 Å². The third-order valence-corrected chi connectivity index (χ3v) is 7.24. The monoisotopic (exact) mass is 448 g/mol. The van der Waals surface area contributed by atoms with Gasteiger partial charge in [0, 0.05) is 42.9 Å². The number of nitrogens with zero attached hydrogens (tertiary/aromatic N) is 4. The maximum absolute atomic E-state index is 12.2.